The predicted octanol–water partition coefficient (Wildman–Crippen LogP) is 2.39. The maximum atomic E-state index is 12.0. The molecular formula is C19H24N4O2. The summed E-state index contributed by atoms with van der Waals surface area (Å²) in [6.07, 6.45) is 2.36. The number of amides is 1. The smallest absolute Gasteiger partial charge is 0.258 e. The number of hydrogen-bond donors (Lipinski definition) is 1. The van der Waals surface area contributed by atoms with Crippen molar-refractivity contribution >= 4 is 11.9 Å². The van der Waals surface area contributed by atoms with Crippen molar-refractivity contribution in [3.8, 4) is 5.75 Å². The molecule has 1 fully saturated rings. The van der Waals surface area contributed by atoms with Gasteiger partial charge in [-0.2, -0.15) is 0 Å². The quantitative estimate of drug-likeness (QED) is 0.874. The van der Waals surface area contributed by atoms with Crippen molar-refractivity contribution < 1.29 is 9.53 Å². The largest absolute Gasteiger partial charge is 0.484 e. The van der Waals surface area contributed by atoms with Gasteiger partial charge in [-0.1, -0.05) is 12.1 Å². The van der Waals surface area contributed by atoms with Gasteiger partial charge >= 0.3 is 0 Å². The second kappa shape index (κ2) is 7.96. The van der Waals surface area contributed by atoms with E-state index in [2.05, 4.69) is 20.2 Å². The van der Waals surface area contributed by atoms with E-state index >= 15 is 0 Å². The summed E-state index contributed by atoms with van der Waals surface area (Å²) >= 11 is 0. The lowest BCUT2D eigenvalue weighted by atomic mass is 10.2. The van der Waals surface area contributed by atoms with Gasteiger partial charge in [-0.3, -0.25) is 4.79 Å². The van der Waals surface area contributed by atoms with Crippen molar-refractivity contribution in [2.45, 2.75) is 33.2 Å². The van der Waals surface area contributed by atoms with Gasteiger partial charge in [0.2, 0.25) is 5.95 Å². The van der Waals surface area contributed by atoms with Crippen LogP contribution in [-0.4, -0.2) is 35.6 Å². The van der Waals surface area contributed by atoms with E-state index < -0.39 is 0 Å². The Morgan fingerprint density at radius 1 is 1.20 bits per heavy atom. The normalized spacial score (nSPS) is 13.8. The number of aryl methyl sites for hydroxylation is 2. The van der Waals surface area contributed by atoms with Crippen molar-refractivity contribution in [2.24, 2.45) is 0 Å². The van der Waals surface area contributed by atoms with Crippen molar-refractivity contribution in [1.29, 1.82) is 0 Å². The lowest BCUT2D eigenvalue weighted by Crippen LogP contribution is -2.29. The van der Waals surface area contributed by atoms with Crippen LogP contribution < -0.4 is 15.0 Å². The number of carbonyl (C=O) groups excluding carboxylic acids is 1. The summed E-state index contributed by atoms with van der Waals surface area (Å²) in [7, 11) is 0. The second-order valence-corrected chi connectivity index (χ2v) is 6.38. The van der Waals surface area contributed by atoms with Crippen LogP contribution in [0.4, 0.5) is 5.95 Å². The average molecular weight is 340 g/mol. The molecule has 132 valence electrons. The third-order valence-corrected chi connectivity index (χ3v) is 4.11. The van der Waals surface area contributed by atoms with Crippen molar-refractivity contribution in [1.82, 2.24) is 15.3 Å². The van der Waals surface area contributed by atoms with Gasteiger partial charge in [0.15, 0.2) is 6.61 Å². The van der Waals surface area contributed by atoms with Gasteiger partial charge in [0.05, 0.1) is 12.2 Å². The number of nitrogens with zero attached hydrogens (tertiary/aromatic N) is 3. The highest BCUT2D eigenvalue weighted by Crippen LogP contribution is 2.16. The topological polar surface area (TPSA) is 67.3 Å². The van der Waals surface area contributed by atoms with E-state index in [9.17, 15) is 4.79 Å². The van der Waals surface area contributed by atoms with Gasteiger partial charge in [-0.05, 0) is 50.5 Å². The molecule has 25 heavy (non-hydrogen) atoms. The Kier molecular flexibility index (Phi) is 5.48. The summed E-state index contributed by atoms with van der Waals surface area (Å²) in [5, 5.41) is 2.86. The van der Waals surface area contributed by atoms with Gasteiger partial charge in [-0.15, -0.1) is 0 Å². The molecule has 2 heterocycles. The highest BCUT2D eigenvalue weighted by Gasteiger charge is 2.16. The van der Waals surface area contributed by atoms with Crippen LogP contribution in [0.2, 0.25) is 0 Å². The molecule has 6 nitrogen and oxygen atoms in total. The van der Waals surface area contributed by atoms with Crippen molar-refractivity contribution in [3.63, 3.8) is 0 Å². The van der Waals surface area contributed by atoms with E-state index in [1.165, 1.54) is 12.8 Å². The minimum absolute atomic E-state index is 0.00744. The zero-order valence-corrected chi connectivity index (χ0v) is 14.8. The van der Waals surface area contributed by atoms with Gasteiger partial charge in [0, 0.05) is 18.8 Å². The molecule has 1 aliphatic heterocycles. The molecule has 0 spiro atoms. The Bertz CT molecular complexity index is 742. The standard InChI is InChI=1S/C19H24N4O2/c1-14-6-5-7-17(10-14)25-13-18(24)20-12-16-11-15(2)21-19(22-16)23-8-3-4-9-23/h5-7,10-11H,3-4,8-9,12-13H2,1-2H3,(H,20,24). The van der Waals surface area contributed by atoms with Crippen molar-refractivity contribution in [2.75, 3.05) is 24.6 Å². The third-order valence-electron chi connectivity index (χ3n) is 4.11. The van der Waals surface area contributed by atoms with Crippen molar-refractivity contribution in [3.05, 3.63) is 47.3 Å². The Balaban J connectivity index is 1.53. The first-order valence-corrected chi connectivity index (χ1v) is 8.66. The first-order valence-electron chi connectivity index (χ1n) is 8.66. The molecule has 1 aliphatic rings. The van der Waals surface area contributed by atoms with E-state index in [1.54, 1.807) is 0 Å². The fourth-order valence-electron chi connectivity index (χ4n) is 2.86. The molecule has 1 N–H and O–H groups in total. The molecule has 1 saturated heterocycles. The molecule has 3 rings (SSSR count). The predicted molar refractivity (Wildman–Crippen MR) is 96.7 cm³/mol. The van der Waals surface area contributed by atoms with Crippen LogP contribution in [0.1, 0.15) is 29.8 Å². The summed E-state index contributed by atoms with van der Waals surface area (Å²) in [6.45, 7) is 6.31. The maximum Gasteiger partial charge on any atom is 0.258 e. The van der Waals surface area contributed by atoms with Crippen LogP contribution in [0, 0.1) is 13.8 Å². The lowest BCUT2D eigenvalue weighted by molar-refractivity contribution is -0.123. The third kappa shape index (κ3) is 4.92. The highest BCUT2D eigenvalue weighted by atomic mass is 16.5. The SMILES string of the molecule is Cc1cccc(OCC(=O)NCc2cc(C)nc(N3CCCC3)n2)c1. The molecule has 1 aromatic heterocycles. The summed E-state index contributed by atoms with van der Waals surface area (Å²) in [4.78, 5) is 23.3. The first kappa shape index (κ1) is 17.2. The minimum atomic E-state index is -0.166. The minimum Gasteiger partial charge on any atom is -0.484 e. The molecule has 1 aromatic carbocycles. The van der Waals surface area contributed by atoms with E-state index in [1.807, 2.05) is 44.2 Å². The molecule has 0 bridgehead atoms. The fourth-order valence-corrected chi connectivity index (χ4v) is 2.86. The number of benzene rings is 1. The Morgan fingerprint density at radius 3 is 2.76 bits per heavy atom. The van der Waals surface area contributed by atoms with Gasteiger partial charge in [0.1, 0.15) is 5.75 Å². The molecule has 0 radical (unpaired) electrons. The zero-order chi connectivity index (χ0) is 17.6. The average Bonchev–Trinajstić information content (AvgIpc) is 3.12. The van der Waals surface area contributed by atoms with Crippen LogP contribution >= 0.6 is 0 Å². The van der Waals surface area contributed by atoms with E-state index in [4.69, 9.17) is 4.74 Å². The second-order valence-electron chi connectivity index (χ2n) is 6.38. The Labute approximate surface area is 148 Å². The number of carbonyl (C=O) groups is 1. The number of nitrogens with one attached hydrogen (secondary N) is 1. The van der Waals surface area contributed by atoms with Gasteiger partial charge in [0.25, 0.3) is 5.91 Å². The summed E-state index contributed by atoms with van der Waals surface area (Å²) in [5.41, 5.74) is 2.83. The maximum absolute atomic E-state index is 12.0. The lowest BCUT2D eigenvalue weighted by Gasteiger charge is -2.16. The van der Waals surface area contributed by atoms with Crippen LogP contribution in [0.5, 0.6) is 5.75 Å². The summed E-state index contributed by atoms with van der Waals surface area (Å²) in [5.74, 6) is 1.29. The van der Waals surface area contributed by atoms with Gasteiger partial charge < -0.3 is 15.0 Å². The number of ether oxygens (including phenoxy) is 1. The van der Waals surface area contributed by atoms with E-state index in [0.717, 1.165) is 36.0 Å². The molecular weight excluding hydrogens is 316 g/mol. The van der Waals surface area contributed by atoms with Crippen LogP contribution in [-0.2, 0) is 11.3 Å². The molecule has 0 saturated carbocycles. The van der Waals surface area contributed by atoms with Crippen LogP contribution in [0.3, 0.4) is 0 Å². The number of aromatic nitrogens is 2. The van der Waals surface area contributed by atoms with E-state index in [-0.39, 0.29) is 12.5 Å². The Morgan fingerprint density at radius 2 is 2.00 bits per heavy atom. The highest BCUT2D eigenvalue weighted by molar-refractivity contribution is 5.77. The molecule has 6 heteroatoms. The molecule has 2 aromatic rings. The van der Waals surface area contributed by atoms with E-state index in [0.29, 0.717) is 12.3 Å². The molecule has 0 unspecified atom stereocenters. The fraction of sp³-hybridized carbons (Fsp3) is 0.421. The first-order chi connectivity index (χ1) is 12.1. The number of anilines is 1. The van der Waals surface area contributed by atoms with Gasteiger partial charge in [-0.25, -0.2) is 9.97 Å². The molecule has 0 atom stereocenters. The zero-order valence-electron chi connectivity index (χ0n) is 14.8. The van der Waals surface area contributed by atoms with Crippen LogP contribution in [0.25, 0.3) is 0 Å². The van der Waals surface area contributed by atoms with Crippen LogP contribution in [0.15, 0.2) is 30.3 Å². The number of hydrogen-bond acceptors (Lipinski definition) is 5. The molecule has 1 amide bonds. The summed E-state index contributed by atoms with van der Waals surface area (Å²) < 4.78 is 5.51. The molecule has 0 aliphatic carbocycles. The summed E-state index contributed by atoms with van der Waals surface area (Å²) in [6, 6.07) is 9.55. The number of rotatable bonds is 6. The monoisotopic (exact) mass is 340 g/mol. The Hall–Kier alpha value is -2.63.